The second-order valence-corrected chi connectivity index (χ2v) is 6.58. The fraction of sp³-hybridized carbons (Fsp3) is 0.158. The van der Waals surface area contributed by atoms with E-state index >= 15 is 0 Å². The van der Waals surface area contributed by atoms with Crippen molar-refractivity contribution in [1.29, 1.82) is 0 Å². The molecule has 0 saturated carbocycles. The van der Waals surface area contributed by atoms with Crippen LogP contribution in [0.1, 0.15) is 22.0 Å². The predicted molar refractivity (Wildman–Crippen MR) is 108 cm³/mol. The van der Waals surface area contributed by atoms with E-state index in [-0.39, 0.29) is 6.54 Å². The van der Waals surface area contributed by atoms with E-state index in [1.54, 1.807) is 12.3 Å². The molecule has 0 bridgehead atoms. The molecule has 0 N–H and O–H groups in total. The number of esters is 1. The summed E-state index contributed by atoms with van der Waals surface area (Å²) >= 11 is 2.25. The number of pyridine rings is 1. The Kier molecular flexibility index (Phi) is 4.88. The summed E-state index contributed by atoms with van der Waals surface area (Å²) in [5, 5.41) is 4.98. The van der Waals surface area contributed by atoms with Gasteiger partial charge < -0.3 is 13.8 Å². The number of methoxy groups -OCH3 is 1. The molecule has 0 aliphatic carbocycles. The minimum absolute atomic E-state index is 0.287. The normalized spacial score (nSPS) is 11.0. The van der Waals surface area contributed by atoms with Crippen LogP contribution in [0, 0.1) is 0 Å². The zero-order valence-electron chi connectivity index (χ0n) is 14.4. The van der Waals surface area contributed by atoms with Crippen LogP contribution in [0.3, 0.4) is 0 Å². The van der Waals surface area contributed by atoms with Crippen LogP contribution in [0.2, 0.25) is 0 Å². The maximum Gasteiger partial charge on any atom is 0.354 e. The summed E-state index contributed by atoms with van der Waals surface area (Å²) in [5.41, 5.74) is 3.06. The molecule has 0 amide bonds. The lowest BCUT2D eigenvalue weighted by molar-refractivity contribution is 0.0589. The highest BCUT2D eigenvalue weighted by molar-refractivity contribution is 14.1. The van der Waals surface area contributed by atoms with Gasteiger partial charge in [0.2, 0.25) is 0 Å². The van der Waals surface area contributed by atoms with E-state index in [9.17, 15) is 4.79 Å². The Balaban J connectivity index is 1.77. The Hall–Kier alpha value is -2.75. The quantitative estimate of drug-likeness (QED) is 0.248. The van der Waals surface area contributed by atoms with Crippen molar-refractivity contribution in [1.82, 2.24) is 19.7 Å². The van der Waals surface area contributed by atoms with Crippen LogP contribution in [0.5, 0.6) is 0 Å². The van der Waals surface area contributed by atoms with E-state index in [0.29, 0.717) is 17.4 Å². The van der Waals surface area contributed by atoms with E-state index in [1.807, 2.05) is 41.0 Å². The minimum atomic E-state index is -0.419. The first-order valence-corrected chi connectivity index (χ1v) is 9.73. The fourth-order valence-corrected chi connectivity index (χ4v) is 3.56. The molecule has 3 heterocycles. The van der Waals surface area contributed by atoms with Crippen molar-refractivity contribution < 1.29 is 14.1 Å². The molecular formula is C19H15IN4O3. The predicted octanol–water partition coefficient (Wildman–Crippen LogP) is 3.86. The fourth-order valence-electron chi connectivity index (χ4n) is 2.95. The van der Waals surface area contributed by atoms with Crippen LogP contribution < -0.4 is 0 Å². The SMILES string of the molecule is COC(=O)c1cc2c(CI)nccc2n1Cc1noc(-c2ccccc2)n1. The molecule has 0 atom stereocenters. The third kappa shape index (κ3) is 3.32. The van der Waals surface area contributed by atoms with Crippen LogP contribution in [0.25, 0.3) is 22.4 Å². The number of aromatic nitrogens is 4. The van der Waals surface area contributed by atoms with Gasteiger partial charge in [-0.25, -0.2) is 4.79 Å². The van der Waals surface area contributed by atoms with Gasteiger partial charge in [-0.05, 0) is 24.3 Å². The van der Waals surface area contributed by atoms with Crippen molar-refractivity contribution in [2.75, 3.05) is 7.11 Å². The maximum absolute atomic E-state index is 12.3. The number of rotatable bonds is 5. The highest BCUT2D eigenvalue weighted by Gasteiger charge is 2.20. The van der Waals surface area contributed by atoms with Gasteiger partial charge >= 0.3 is 5.97 Å². The average molecular weight is 474 g/mol. The van der Waals surface area contributed by atoms with Gasteiger partial charge in [-0.15, -0.1) is 0 Å². The van der Waals surface area contributed by atoms with Gasteiger partial charge in [0.15, 0.2) is 5.82 Å². The summed E-state index contributed by atoms with van der Waals surface area (Å²) in [6.07, 6.45) is 1.74. The van der Waals surface area contributed by atoms with E-state index in [2.05, 4.69) is 37.7 Å². The standard InChI is InChI=1S/C19H15IN4O3/c1-26-19(25)16-9-13-14(10-20)21-8-7-15(13)24(16)11-17-22-18(27-23-17)12-5-3-2-4-6-12/h2-9H,10-11H2,1H3. The summed E-state index contributed by atoms with van der Waals surface area (Å²) in [4.78, 5) is 21.1. The van der Waals surface area contributed by atoms with Crippen molar-refractivity contribution in [3.05, 3.63) is 65.9 Å². The Morgan fingerprint density at radius 3 is 2.81 bits per heavy atom. The van der Waals surface area contributed by atoms with Crippen molar-refractivity contribution in [3.63, 3.8) is 0 Å². The lowest BCUT2D eigenvalue weighted by Gasteiger charge is -2.07. The summed E-state index contributed by atoms with van der Waals surface area (Å²) in [5.74, 6) is 0.498. The first-order chi connectivity index (χ1) is 13.2. The van der Waals surface area contributed by atoms with Gasteiger partial charge in [-0.1, -0.05) is 45.9 Å². The number of hydrogen-bond donors (Lipinski definition) is 0. The number of alkyl halides is 1. The molecule has 4 aromatic rings. The third-order valence-electron chi connectivity index (χ3n) is 4.22. The molecule has 8 heteroatoms. The molecule has 7 nitrogen and oxygen atoms in total. The Morgan fingerprint density at radius 2 is 2.07 bits per heavy atom. The summed E-state index contributed by atoms with van der Waals surface area (Å²) in [6, 6.07) is 13.2. The number of benzene rings is 1. The smallest absolute Gasteiger partial charge is 0.354 e. The van der Waals surface area contributed by atoms with Crippen LogP contribution in [0.15, 0.2) is 53.2 Å². The van der Waals surface area contributed by atoms with E-state index in [4.69, 9.17) is 9.26 Å². The minimum Gasteiger partial charge on any atom is -0.464 e. The van der Waals surface area contributed by atoms with E-state index in [0.717, 1.165) is 26.6 Å². The zero-order valence-corrected chi connectivity index (χ0v) is 16.6. The monoisotopic (exact) mass is 474 g/mol. The van der Waals surface area contributed by atoms with Crippen molar-refractivity contribution in [2.45, 2.75) is 11.0 Å². The van der Waals surface area contributed by atoms with Crippen molar-refractivity contribution >= 4 is 39.5 Å². The molecule has 3 aromatic heterocycles. The molecule has 0 aliphatic heterocycles. The Morgan fingerprint density at radius 1 is 1.26 bits per heavy atom. The second kappa shape index (κ2) is 7.47. The van der Waals surface area contributed by atoms with Gasteiger partial charge in [-0.2, -0.15) is 4.98 Å². The lowest BCUT2D eigenvalue weighted by atomic mass is 10.2. The van der Waals surface area contributed by atoms with Crippen LogP contribution in [-0.2, 0) is 15.7 Å². The molecule has 0 spiro atoms. The molecule has 27 heavy (non-hydrogen) atoms. The third-order valence-corrected chi connectivity index (χ3v) is 4.94. The van der Waals surface area contributed by atoms with E-state index < -0.39 is 5.97 Å². The molecule has 136 valence electrons. The number of halogens is 1. The molecular weight excluding hydrogens is 459 g/mol. The lowest BCUT2D eigenvalue weighted by Crippen LogP contribution is -2.12. The van der Waals surface area contributed by atoms with Crippen molar-refractivity contribution in [2.24, 2.45) is 0 Å². The van der Waals surface area contributed by atoms with Gasteiger partial charge in [0, 0.05) is 21.6 Å². The molecule has 0 saturated heterocycles. The van der Waals surface area contributed by atoms with Gasteiger partial charge in [0.05, 0.1) is 24.9 Å². The Bertz CT molecular complexity index is 1100. The summed E-state index contributed by atoms with van der Waals surface area (Å²) in [6.45, 7) is 0.287. The van der Waals surface area contributed by atoms with E-state index in [1.165, 1.54) is 7.11 Å². The van der Waals surface area contributed by atoms with Crippen molar-refractivity contribution in [3.8, 4) is 11.5 Å². The average Bonchev–Trinajstić information content (AvgIpc) is 3.33. The molecule has 0 aliphatic rings. The van der Waals surface area contributed by atoms with Gasteiger partial charge in [0.1, 0.15) is 5.69 Å². The number of fused-ring (bicyclic) bond motifs is 1. The maximum atomic E-state index is 12.3. The number of carbonyl (C=O) groups excluding carboxylic acids is 1. The molecule has 4 rings (SSSR count). The second-order valence-electron chi connectivity index (χ2n) is 5.81. The molecule has 0 radical (unpaired) electrons. The number of hydrogen-bond acceptors (Lipinski definition) is 6. The number of carbonyl (C=O) groups is 1. The molecule has 0 fully saturated rings. The molecule has 0 unspecified atom stereocenters. The van der Waals surface area contributed by atoms with Crippen LogP contribution in [0.4, 0.5) is 0 Å². The highest BCUT2D eigenvalue weighted by atomic mass is 127. The van der Waals surface area contributed by atoms with Crippen LogP contribution in [-0.4, -0.2) is 32.8 Å². The summed E-state index contributed by atoms with van der Waals surface area (Å²) in [7, 11) is 1.36. The first kappa shape index (κ1) is 17.7. The number of ether oxygens (including phenoxy) is 1. The number of nitrogens with zero attached hydrogens (tertiary/aromatic N) is 4. The van der Waals surface area contributed by atoms with Gasteiger partial charge in [-0.3, -0.25) is 4.98 Å². The Labute approximate surface area is 168 Å². The largest absolute Gasteiger partial charge is 0.464 e. The van der Waals surface area contributed by atoms with Crippen LogP contribution >= 0.6 is 22.6 Å². The highest BCUT2D eigenvalue weighted by Crippen LogP contribution is 2.25. The first-order valence-electron chi connectivity index (χ1n) is 8.20. The molecule has 1 aromatic carbocycles. The summed E-state index contributed by atoms with van der Waals surface area (Å²) < 4.78 is 12.9. The topological polar surface area (TPSA) is 83.0 Å². The zero-order chi connectivity index (χ0) is 18.8. The van der Waals surface area contributed by atoms with Gasteiger partial charge in [0.25, 0.3) is 5.89 Å².